The lowest BCUT2D eigenvalue weighted by Gasteiger charge is -2.32. The zero-order valence-corrected chi connectivity index (χ0v) is 10.0. The van der Waals surface area contributed by atoms with Crippen LogP contribution in [0.25, 0.3) is 0 Å². The molecule has 1 N–H and O–H groups in total. The van der Waals surface area contributed by atoms with E-state index in [0.717, 1.165) is 24.8 Å². The first-order valence-electron chi connectivity index (χ1n) is 5.95. The Labute approximate surface area is 101 Å². The molecule has 0 aromatic heterocycles. The zero-order valence-electron chi connectivity index (χ0n) is 10.0. The third-order valence-corrected chi connectivity index (χ3v) is 3.43. The van der Waals surface area contributed by atoms with Crippen molar-refractivity contribution in [2.45, 2.75) is 31.1 Å². The Morgan fingerprint density at radius 1 is 1.41 bits per heavy atom. The Bertz CT molecular complexity index is 453. The molecule has 0 saturated heterocycles. The zero-order chi connectivity index (χ0) is 12.3. The number of rotatable bonds is 2. The number of Topliss-reactive ketones (excluding diaryl/α,β-unsaturated/α-hetero) is 1. The summed E-state index contributed by atoms with van der Waals surface area (Å²) >= 11 is 0. The highest BCUT2D eigenvalue weighted by molar-refractivity contribution is 6.06. The largest absolute Gasteiger partial charge is 0.508 e. The second-order valence-electron chi connectivity index (χ2n) is 4.54. The summed E-state index contributed by atoms with van der Waals surface area (Å²) in [5.74, 6) is 0.407. The Kier molecular flexibility index (Phi) is 3.27. The van der Waals surface area contributed by atoms with E-state index in [9.17, 15) is 9.90 Å². The van der Waals surface area contributed by atoms with E-state index in [4.69, 9.17) is 0 Å². The number of benzene rings is 1. The fraction of sp³-hybridized carbons (Fsp3) is 0.429. The molecule has 1 aromatic rings. The van der Waals surface area contributed by atoms with E-state index in [0.29, 0.717) is 6.42 Å². The minimum absolute atomic E-state index is 0.199. The number of hydrogen-bond acceptors (Lipinski definition) is 3. The van der Waals surface area contributed by atoms with Crippen LogP contribution in [0.4, 0.5) is 0 Å². The minimum Gasteiger partial charge on any atom is -0.508 e. The smallest absolute Gasteiger partial charge is 0.148 e. The van der Waals surface area contributed by atoms with Crippen molar-refractivity contribution in [3.05, 3.63) is 29.8 Å². The van der Waals surface area contributed by atoms with E-state index >= 15 is 0 Å². The van der Waals surface area contributed by atoms with Gasteiger partial charge in [0.15, 0.2) is 0 Å². The van der Waals surface area contributed by atoms with E-state index < -0.39 is 5.41 Å². The van der Waals surface area contributed by atoms with Crippen LogP contribution in [0.1, 0.15) is 31.2 Å². The topological polar surface area (TPSA) is 49.7 Å². The number of carbonyl (C=O) groups excluding carboxylic acids is 1. The van der Waals surface area contributed by atoms with Gasteiger partial charge in [-0.1, -0.05) is 18.6 Å². The molecule has 1 fully saturated rings. The van der Waals surface area contributed by atoms with Crippen molar-refractivity contribution in [3.63, 3.8) is 0 Å². The molecule has 1 aromatic carbocycles. The highest BCUT2D eigenvalue weighted by Crippen LogP contribution is 2.36. The third kappa shape index (κ3) is 2.09. The molecule has 0 bridgehead atoms. The van der Waals surface area contributed by atoms with Crippen molar-refractivity contribution < 1.29 is 9.90 Å². The molecule has 0 unspecified atom stereocenters. The quantitative estimate of drug-likeness (QED) is 0.795. The van der Waals surface area contributed by atoms with Gasteiger partial charge in [-0.15, -0.1) is 0 Å². The molecule has 2 rings (SSSR count). The molecule has 0 radical (unpaired) electrons. The van der Waals surface area contributed by atoms with Gasteiger partial charge in [0.2, 0.25) is 0 Å². The van der Waals surface area contributed by atoms with Gasteiger partial charge in [0.1, 0.15) is 11.5 Å². The number of aromatic hydroxyl groups is 1. The van der Waals surface area contributed by atoms with Crippen LogP contribution >= 0.6 is 0 Å². The lowest BCUT2D eigenvalue weighted by Crippen LogP contribution is -2.40. The first-order chi connectivity index (χ1) is 8.19. The van der Waals surface area contributed by atoms with Gasteiger partial charge in [0, 0.05) is 19.7 Å². The fourth-order valence-corrected chi connectivity index (χ4v) is 2.57. The molecule has 90 valence electrons. The van der Waals surface area contributed by atoms with Gasteiger partial charge < -0.3 is 5.11 Å². The summed E-state index contributed by atoms with van der Waals surface area (Å²) in [5.41, 5.74) is 0.235. The standard InChI is InChI=1S/C14H17NO2/c1-15-10-14(8-3-2-7-13(14)17)11-5-4-6-12(16)9-11/h4-6,9-10,16H,2-3,7-8H2,1H3/t14-/m0/s1. The molecule has 0 heterocycles. The average Bonchev–Trinajstić information content (AvgIpc) is 2.32. The molecule has 0 spiro atoms. The fourth-order valence-electron chi connectivity index (χ4n) is 2.57. The number of phenolic OH excluding ortho intramolecular Hbond substituents is 1. The van der Waals surface area contributed by atoms with E-state index in [1.807, 2.05) is 6.07 Å². The lowest BCUT2D eigenvalue weighted by molar-refractivity contribution is -0.123. The molecular weight excluding hydrogens is 214 g/mol. The first kappa shape index (κ1) is 11.8. The van der Waals surface area contributed by atoms with E-state index in [1.54, 1.807) is 31.5 Å². The first-order valence-corrected chi connectivity index (χ1v) is 5.95. The number of nitrogens with zero attached hydrogens (tertiary/aromatic N) is 1. The summed E-state index contributed by atoms with van der Waals surface area (Å²) in [7, 11) is 1.69. The molecular formula is C14H17NO2. The summed E-state index contributed by atoms with van der Waals surface area (Å²) < 4.78 is 0. The molecule has 3 heteroatoms. The van der Waals surface area contributed by atoms with E-state index in [1.165, 1.54) is 0 Å². The maximum absolute atomic E-state index is 12.2. The average molecular weight is 231 g/mol. The normalized spacial score (nSPS) is 25.4. The van der Waals surface area contributed by atoms with E-state index in [-0.39, 0.29) is 11.5 Å². The maximum atomic E-state index is 12.2. The Hall–Kier alpha value is -1.64. The number of hydrogen-bond donors (Lipinski definition) is 1. The van der Waals surface area contributed by atoms with Crippen LogP contribution < -0.4 is 0 Å². The van der Waals surface area contributed by atoms with Gasteiger partial charge in [-0.2, -0.15) is 0 Å². The highest BCUT2D eigenvalue weighted by atomic mass is 16.3. The minimum atomic E-state index is -0.619. The van der Waals surface area contributed by atoms with Crippen molar-refractivity contribution in [2.24, 2.45) is 4.99 Å². The second-order valence-corrected chi connectivity index (χ2v) is 4.54. The van der Waals surface area contributed by atoms with E-state index in [2.05, 4.69) is 4.99 Å². The van der Waals surface area contributed by atoms with Crippen LogP contribution in [0.3, 0.4) is 0 Å². The van der Waals surface area contributed by atoms with Crippen molar-refractivity contribution in [1.82, 2.24) is 0 Å². The van der Waals surface area contributed by atoms with Crippen LogP contribution in [-0.4, -0.2) is 24.2 Å². The maximum Gasteiger partial charge on any atom is 0.148 e. The van der Waals surface area contributed by atoms with Gasteiger partial charge in [-0.05, 0) is 30.5 Å². The van der Waals surface area contributed by atoms with Gasteiger partial charge >= 0.3 is 0 Å². The summed E-state index contributed by atoms with van der Waals surface area (Å²) in [6, 6.07) is 6.96. The summed E-state index contributed by atoms with van der Waals surface area (Å²) in [6.45, 7) is 0. The summed E-state index contributed by atoms with van der Waals surface area (Å²) in [6.07, 6.45) is 5.10. The van der Waals surface area contributed by atoms with Crippen LogP contribution in [-0.2, 0) is 10.2 Å². The molecule has 1 atom stereocenters. The predicted octanol–water partition coefficient (Wildman–Crippen LogP) is 2.47. The highest BCUT2D eigenvalue weighted by Gasteiger charge is 2.39. The molecule has 3 nitrogen and oxygen atoms in total. The van der Waals surface area contributed by atoms with Gasteiger partial charge in [-0.3, -0.25) is 9.79 Å². The third-order valence-electron chi connectivity index (χ3n) is 3.43. The van der Waals surface area contributed by atoms with Crippen molar-refractivity contribution in [2.75, 3.05) is 7.05 Å². The van der Waals surface area contributed by atoms with Crippen LogP contribution in [0, 0.1) is 0 Å². The molecule has 1 aliphatic rings. The van der Waals surface area contributed by atoms with Crippen molar-refractivity contribution >= 4 is 12.0 Å². The molecule has 1 saturated carbocycles. The number of aliphatic imine (C=N–C) groups is 1. The van der Waals surface area contributed by atoms with Crippen LogP contribution in [0.5, 0.6) is 5.75 Å². The summed E-state index contributed by atoms with van der Waals surface area (Å²) in [5, 5.41) is 9.56. The van der Waals surface area contributed by atoms with Gasteiger partial charge in [0.05, 0.1) is 5.41 Å². The monoisotopic (exact) mass is 231 g/mol. The van der Waals surface area contributed by atoms with Crippen molar-refractivity contribution in [3.8, 4) is 5.75 Å². The number of carbonyl (C=O) groups is 1. The second kappa shape index (κ2) is 4.70. The lowest BCUT2D eigenvalue weighted by atomic mass is 9.69. The van der Waals surface area contributed by atoms with Crippen LogP contribution in [0.2, 0.25) is 0 Å². The number of phenols is 1. The van der Waals surface area contributed by atoms with Crippen LogP contribution in [0.15, 0.2) is 29.3 Å². The van der Waals surface area contributed by atoms with Crippen molar-refractivity contribution in [1.29, 1.82) is 0 Å². The Morgan fingerprint density at radius 2 is 2.24 bits per heavy atom. The predicted molar refractivity (Wildman–Crippen MR) is 67.7 cm³/mol. The molecule has 0 aliphatic heterocycles. The summed E-state index contributed by atoms with van der Waals surface area (Å²) in [4.78, 5) is 16.3. The van der Waals surface area contributed by atoms with Gasteiger partial charge in [0.25, 0.3) is 0 Å². The molecule has 1 aliphatic carbocycles. The molecule has 0 amide bonds. The Balaban J connectivity index is 2.50. The SMILES string of the molecule is CN=C[C@]1(c2cccc(O)c2)CCCCC1=O. The molecule has 17 heavy (non-hydrogen) atoms. The number of ketones is 1. The van der Waals surface area contributed by atoms with Gasteiger partial charge in [-0.25, -0.2) is 0 Å². The Morgan fingerprint density at radius 3 is 2.88 bits per heavy atom.